The minimum Gasteiger partial charge on any atom is -0.394 e. The van der Waals surface area contributed by atoms with Crippen LogP contribution >= 0.6 is 0 Å². The second-order valence-corrected chi connectivity index (χ2v) is 15.5. The maximum Gasteiger partial charge on any atom is 0.220 e. The van der Waals surface area contributed by atoms with E-state index in [1.165, 1.54) is 199 Å². The molecule has 0 aliphatic carbocycles. The Morgan fingerprint density at radius 3 is 1.10 bits per heavy atom. The van der Waals surface area contributed by atoms with Crippen molar-refractivity contribution in [2.24, 2.45) is 0 Å². The summed E-state index contributed by atoms with van der Waals surface area (Å²) in [7, 11) is 0. The van der Waals surface area contributed by atoms with E-state index >= 15 is 0 Å². The second kappa shape index (κ2) is 42.3. The molecule has 0 aromatic carbocycles. The number of rotatable bonds is 41. The number of aliphatic hydroxyl groups excluding tert-OH is 2. The topological polar surface area (TPSA) is 69.6 Å². The molecular weight excluding hydrogens is 615 g/mol. The van der Waals surface area contributed by atoms with Crippen LogP contribution in [0.1, 0.15) is 245 Å². The molecule has 0 aliphatic rings. The normalized spacial score (nSPS) is 13.1. The number of unbranched alkanes of at least 4 members (excludes halogenated alkanes) is 32. The van der Waals surface area contributed by atoms with E-state index in [1.807, 2.05) is 6.08 Å². The van der Waals surface area contributed by atoms with Crippen molar-refractivity contribution in [1.29, 1.82) is 0 Å². The van der Waals surface area contributed by atoms with Crippen LogP contribution in [-0.2, 0) is 4.79 Å². The van der Waals surface area contributed by atoms with E-state index in [2.05, 4.69) is 31.3 Å². The van der Waals surface area contributed by atoms with Crippen LogP contribution in [-0.4, -0.2) is 34.9 Å². The van der Waals surface area contributed by atoms with Crippen LogP contribution in [0.25, 0.3) is 0 Å². The molecule has 3 N–H and O–H groups in total. The summed E-state index contributed by atoms with van der Waals surface area (Å²) in [6, 6.07) is -0.622. The van der Waals surface area contributed by atoms with E-state index in [0.29, 0.717) is 6.42 Å². The highest BCUT2D eigenvalue weighted by molar-refractivity contribution is 5.76. The molecule has 4 nitrogen and oxygen atoms in total. The predicted molar refractivity (Wildman–Crippen MR) is 221 cm³/mol. The van der Waals surface area contributed by atoms with Crippen LogP contribution in [0.3, 0.4) is 0 Å². The Bertz CT molecular complexity index is 720. The van der Waals surface area contributed by atoms with Gasteiger partial charge < -0.3 is 15.5 Å². The third-order valence-corrected chi connectivity index (χ3v) is 10.4. The Balaban J connectivity index is 3.55. The molecule has 0 saturated heterocycles. The van der Waals surface area contributed by atoms with Crippen LogP contribution in [0.2, 0.25) is 0 Å². The van der Waals surface area contributed by atoms with Crippen LogP contribution in [0.5, 0.6) is 0 Å². The number of aliphatic hydroxyl groups is 2. The van der Waals surface area contributed by atoms with E-state index in [4.69, 9.17) is 0 Å². The average molecular weight is 704 g/mol. The minimum atomic E-state index is -0.838. The first-order valence-corrected chi connectivity index (χ1v) is 22.6. The third kappa shape index (κ3) is 38.1. The first kappa shape index (κ1) is 48.9. The molecule has 0 saturated carbocycles. The van der Waals surface area contributed by atoms with Gasteiger partial charge in [-0.25, -0.2) is 0 Å². The number of nitrogens with one attached hydrogen (secondary N) is 1. The maximum absolute atomic E-state index is 12.4. The van der Waals surface area contributed by atoms with Gasteiger partial charge in [-0.1, -0.05) is 218 Å². The number of carbonyl (C=O) groups is 1. The molecule has 0 rings (SSSR count). The first-order chi connectivity index (χ1) is 24.7. The zero-order valence-electron chi connectivity index (χ0n) is 33.9. The lowest BCUT2D eigenvalue weighted by atomic mass is 10.0. The Labute approximate surface area is 313 Å². The standard InChI is InChI=1S/C46H89NO3/c1-3-5-7-9-11-13-15-17-19-21-23-25-27-29-31-33-35-37-39-41-45(49)44(43-48)47-46(50)42-40-38-36-34-32-30-28-26-24-22-20-18-16-14-12-10-8-6-4-2/h22,24,39,41,44-45,48-49H,3-21,23,25-38,40,42-43H2,1-2H3,(H,47,50)/b24-22-,41-39+. The van der Waals surface area contributed by atoms with Gasteiger partial charge in [-0.15, -0.1) is 0 Å². The largest absolute Gasteiger partial charge is 0.394 e. The van der Waals surface area contributed by atoms with Gasteiger partial charge in [0.1, 0.15) is 0 Å². The highest BCUT2D eigenvalue weighted by Crippen LogP contribution is 2.15. The molecule has 0 radical (unpaired) electrons. The van der Waals surface area contributed by atoms with Crippen molar-refractivity contribution in [2.75, 3.05) is 6.61 Å². The maximum atomic E-state index is 12.4. The molecule has 0 aromatic rings. The van der Waals surface area contributed by atoms with Gasteiger partial charge in [0.25, 0.3) is 0 Å². The molecule has 2 atom stereocenters. The molecule has 1 amide bonds. The molecule has 50 heavy (non-hydrogen) atoms. The summed E-state index contributed by atoms with van der Waals surface area (Å²) in [6.07, 6.45) is 54.3. The molecule has 0 bridgehead atoms. The number of allylic oxidation sites excluding steroid dienone is 3. The molecule has 2 unspecified atom stereocenters. The van der Waals surface area contributed by atoms with E-state index in [1.54, 1.807) is 6.08 Å². The van der Waals surface area contributed by atoms with Crippen molar-refractivity contribution >= 4 is 5.91 Å². The van der Waals surface area contributed by atoms with Gasteiger partial charge in [0, 0.05) is 6.42 Å². The van der Waals surface area contributed by atoms with Gasteiger partial charge in [0.05, 0.1) is 18.8 Å². The Morgan fingerprint density at radius 2 is 0.760 bits per heavy atom. The average Bonchev–Trinajstić information content (AvgIpc) is 3.12. The van der Waals surface area contributed by atoms with Crippen molar-refractivity contribution in [3.8, 4) is 0 Å². The highest BCUT2D eigenvalue weighted by atomic mass is 16.3. The summed E-state index contributed by atoms with van der Waals surface area (Å²) < 4.78 is 0. The van der Waals surface area contributed by atoms with Crippen LogP contribution in [0.4, 0.5) is 0 Å². The van der Waals surface area contributed by atoms with E-state index < -0.39 is 12.1 Å². The molecular formula is C46H89NO3. The number of hydrogen-bond acceptors (Lipinski definition) is 3. The Kier molecular flexibility index (Phi) is 41.3. The summed E-state index contributed by atoms with van der Waals surface area (Å²) >= 11 is 0. The minimum absolute atomic E-state index is 0.0663. The van der Waals surface area contributed by atoms with Crippen molar-refractivity contribution in [3.63, 3.8) is 0 Å². The first-order valence-electron chi connectivity index (χ1n) is 22.6. The number of amides is 1. The van der Waals surface area contributed by atoms with Gasteiger partial charge in [-0.3, -0.25) is 4.79 Å². The molecule has 0 aromatic heterocycles. The summed E-state index contributed by atoms with van der Waals surface area (Å²) in [5.41, 5.74) is 0. The monoisotopic (exact) mass is 704 g/mol. The summed E-state index contributed by atoms with van der Waals surface area (Å²) in [5, 5.41) is 23.0. The fourth-order valence-corrected chi connectivity index (χ4v) is 6.94. The van der Waals surface area contributed by atoms with Crippen molar-refractivity contribution in [1.82, 2.24) is 5.32 Å². The van der Waals surface area contributed by atoms with Gasteiger partial charge >= 0.3 is 0 Å². The fourth-order valence-electron chi connectivity index (χ4n) is 6.94. The fraction of sp³-hybridized carbons (Fsp3) is 0.891. The third-order valence-electron chi connectivity index (χ3n) is 10.4. The summed E-state index contributed by atoms with van der Waals surface area (Å²) in [5.74, 6) is -0.0663. The number of hydrogen-bond donors (Lipinski definition) is 3. The van der Waals surface area contributed by atoms with Gasteiger partial charge in [0.15, 0.2) is 0 Å². The van der Waals surface area contributed by atoms with Crippen LogP contribution < -0.4 is 5.32 Å². The van der Waals surface area contributed by atoms with Gasteiger partial charge in [-0.05, 0) is 44.9 Å². The number of carbonyl (C=O) groups excluding carboxylic acids is 1. The molecule has 0 heterocycles. The van der Waals surface area contributed by atoms with Crippen molar-refractivity contribution < 1.29 is 15.0 Å². The van der Waals surface area contributed by atoms with Crippen molar-refractivity contribution in [2.45, 2.75) is 257 Å². The second-order valence-electron chi connectivity index (χ2n) is 15.5. The zero-order valence-corrected chi connectivity index (χ0v) is 33.9. The summed E-state index contributed by atoms with van der Waals surface area (Å²) in [6.45, 7) is 4.32. The molecule has 296 valence electrons. The predicted octanol–water partition coefficient (Wildman–Crippen LogP) is 14.0. The summed E-state index contributed by atoms with van der Waals surface area (Å²) in [4.78, 5) is 12.4. The van der Waals surface area contributed by atoms with Crippen molar-refractivity contribution in [3.05, 3.63) is 24.3 Å². The molecule has 0 fully saturated rings. The van der Waals surface area contributed by atoms with Gasteiger partial charge in [-0.2, -0.15) is 0 Å². The Morgan fingerprint density at radius 1 is 0.460 bits per heavy atom. The molecule has 0 spiro atoms. The Hall–Kier alpha value is -1.13. The lowest BCUT2D eigenvalue weighted by Crippen LogP contribution is -2.45. The lowest BCUT2D eigenvalue weighted by molar-refractivity contribution is -0.123. The zero-order chi connectivity index (χ0) is 36.4. The smallest absolute Gasteiger partial charge is 0.220 e. The highest BCUT2D eigenvalue weighted by Gasteiger charge is 2.17. The van der Waals surface area contributed by atoms with E-state index in [-0.39, 0.29) is 12.5 Å². The van der Waals surface area contributed by atoms with E-state index in [9.17, 15) is 15.0 Å². The molecule has 0 aliphatic heterocycles. The van der Waals surface area contributed by atoms with Crippen LogP contribution in [0, 0.1) is 0 Å². The quantitative estimate of drug-likeness (QED) is 0.0438. The van der Waals surface area contributed by atoms with Gasteiger partial charge in [0.2, 0.25) is 5.91 Å². The van der Waals surface area contributed by atoms with E-state index in [0.717, 1.165) is 25.7 Å². The lowest BCUT2D eigenvalue weighted by Gasteiger charge is -2.20. The SMILES string of the molecule is CCCCCCCCCC/C=C\CCCCCCCCCC(=O)NC(CO)C(O)/C=C/CCCCCCCCCCCCCCCCCCC. The molecule has 4 heteroatoms. The van der Waals surface area contributed by atoms with Crippen LogP contribution in [0.15, 0.2) is 24.3 Å².